The van der Waals surface area contributed by atoms with Gasteiger partial charge in [0.2, 0.25) is 0 Å². The van der Waals surface area contributed by atoms with Crippen molar-refractivity contribution in [3.05, 3.63) is 77.0 Å². The Bertz CT molecular complexity index is 884. The normalized spacial score (nSPS) is 14.5. The maximum Gasteiger partial charge on any atom is 0.257 e. The molecule has 2 aromatic carbocycles. The van der Waals surface area contributed by atoms with Gasteiger partial charge in [-0.2, -0.15) is 5.10 Å². The van der Waals surface area contributed by atoms with Gasteiger partial charge in [-0.25, -0.2) is 4.68 Å². The minimum absolute atomic E-state index is 0.0427. The lowest BCUT2D eigenvalue weighted by atomic mass is 10.2. The summed E-state index contributed by atoms with van der Waals surface area (Å²) in [6.45, 7) is 3.13. The van der Waals surface area contributed by atoms with Crippen molar-refractivity contribution < 1.29 is 4.79 Å². The number of piperazine rings is 1. The first-order valence-electron chi connectivity index (χ1n) is 8.60. The first-order chi connectivity index (χ1) is 12.7. The topological polar surface area (TPSA) is 41.4 Å². The van der Waals surface area contributed by atoms with Gasteiger partial charge < -0.3 is 9.80 Å². The van der Waals surface area contributed by atoms with Crippen molar-refractivity contribution >= 4 is 27.5 Å². The molecule has 0 N–H and O–H groups in total. The van der Waals surface area contributed by atoms with Crippen molar-refractivity contribution in [2.45, 2.75) is 0 Å². The highest BCUT2D eigenvalue weighted by molar-refractivity contribution is 9.10. The van der Waals surface area contributed by atoms with E-state index in [1.165, 1.54) is 5.69 Å². The van der Waals surface area contributed by atoms with Crippen molar-refractivity contribution in [3.63, 3.8) is 0 Å². The average Bonchev–Trinajstić information content (AvgIpc) is 3.19. The van der Waals surface area contributed by atoms with Crippen LogP contribution in [0.4, 0.5) is 5.69 Å². The van der Waals surface area contributed by atoms with Crippen LogP contribution in [-0.4, -0.2) is 46.8 Å². The van der Waals surface area contributed by atoms with E-state index in [1.54, 1.807) is 17.1 Å². The van der Waals surface area contributed by atoms with Crippen molar-refractivity contribution in [2.24, 2.45) is 0 Å². The van der Waals surface area contributed by atoms with Crippen LogP contribution >= 0.6 is 15.9 Å². The molecule has 1 fully saturated rings. The second-order valence-corrected chi connectivity index (χ2v) is 7.18. The molecule has 26 heavy (non-hydrogen) atoms. The van der Waals surface area contributed by atoms with Crippen molar-refractivity contribution in [3.8, 4) is 5.69 Å². The third kappa shape index (κ3) is 3.51. The van der Waals surface area contributed by atoms with Gasteiger partial charge in [0, 0.05) is 42.5 Å². The predicted octanol–water partition coefficient (Wildman–Crippen LogP) is 3.60. The fraction of sp³-hybridized carbons (Fsp3) is 0.200. The van der Waals surface area contributed by atoms with Crippen LogP contribution in [0.3, 0.4) is 0 Å². The first-order valence-corrected chi connectivity index (χ1v) is 9.40. The molecule has 0 radical (unpaired) electrons. The summed E-state index contributed by atoms with van der Waals surface area (Å²) in [6.07, 6.45) is 3.45. The number of hydrogen-bond donors (Lipinski definition) is 0. The summed E-state index contributed by atoms with van der Waals surface area (Å²) in [5, 5.41) is 4.34. The third-order valence-electron chi connectivity index (χ3n) is 4.61. The molecule has 0 aliphatic carbocycles. The van der Waals surface area contributed by atoms with E-state index in [0.29, 0.717) is 5.56 Å². The molecular weight excluding hydrogens is 392 g/mol. The molecule has 2 heterocycles. The summed E-state index contributed by atoms with van der Waals surface area (Å²) in [6, 6.07) is 18.2. The number of nitrogens with zero attached hydrogens (tertiary/aromatic N) is 4. The monoisotopic (exact) mass is 410 g/mol. The molecule has 5 nitrogen and oxygen atoms in total. The molecule has 1 aromatic heterocycles. The number of rotatable bonds is 3. The number of amides is 1. The second-order valence-electron chi connectivity index (χ2n) is 6.26. The number of anilines is 1. The van der Waals surface area contributed by atoms with Gasteiger partial charge in [-0.3, -0.25) is 4.79 Å². The summed E-state index contributed by atoms with van der Waals surface area (Å²) in [5.41, 5.74) is 2.77. The minimum atomic E-state index is 0.0427. The van der Waals surface area contributed by atoms with Gasteiger partial charge in [-0.1, -0.05) is 34.1 Å². The van der Waals surface area contributed by atoms with Gasteiger partial charge in [-0.15, -0.1) is 0 Å². The first kappa shape index (κ1) is 16.8. The molecule has 4 rings (SSSR count). The Morgan fingerprint density at radius 2 is 1.58 bits per heavy atom. The molecule has 1 saturated heterocycles. The Kier molecular flexibility index (Phi) is 4.75. The van der Waals surface area contributed by atoms with E-state index in [1.807, 2.05) is 47.4 Å². The molecule has 0 saturated carbocycles. The highest BCUT2D eigenvalue weighted by Crippen LogP contribution is 2.18. The number of carbonyl (C=O) groups is 1. The van der Waals surface area contributed by atoms with Crippen LogP contribution in [0, 0.1) is 0 Å². The van der Waals surface area contributed by atoms with Gasteiger partial charge >= 0.3 is 0 Å². The summed E-state index contributed by atoms with van der Waals surface area (Å²) in [7, 11) is 0. The van der Waals surface area contributed by atoms with Crippen molar-refractivity contribution in [1.82, 2.24) is 14.7 Å². The predicted molar refractivity (Wildman–Crippen MR) is 106 cm³/mol. The Balaban J connectivity index is 1.42. The van der Waals surface area contributed by atoms with Gasteiger partial charge in [0.15, 0.2) is 0 Å². The highest BCUT2D eigenvalue weighted by Gasteiger charge is 2.23. The van der Waals surface area contributed by atoms with Gasteiger partial charge in [0.25, 0.3) is 5.91 Å². The summed E-state index contributed by atoms with van der Waals surface area (Å²) < 4.78 is 2.75. The zero-order chi connectivity index (χ0) is 17.9. The second kappa shape index (κ2) is 7.33. The largest absolute Gasteiger partial charge is 0.368 e. The molecule has 0 unspecified atom stereocenters. The van der Waals surface area contributed by atoms with Crippen LogP contribution in [0.2, 0.25) is 0 Å². The van der Waals surface area contributed by atoms with E-state index >= 15 is 0 Å². The molecule has 6 heteroatoms. The maximum atomic E-state index is 12.8. The van der Waals surface area contributed by atoms with E-state index in [2.05, 4.69) is 38.1 Å². The number of carbonyl (C=O) groups excluding carboxylic acids is 1. The lowest BCUT2D eigenvalue weighted by molar-refractivity contribution is 0.0747. The zero-order valence-electron chi connectivity index (χ0n) is 14.3. The fourth-order valence-electron chi connectivity index (χ4n) is 3.16. The standard InChI is InChI=1S/C20H19BrN4O/c21-17-6-8-19(9-7-17)25-15-16(14-22-25)20(26)24-12-10-23(11-13-24)18-4-2-1-3-5-18/h1-9,14-15H,10-13H2. The van der Waals surface area contributed by atoms with Gasteiger partial charge in [0.05, 0.1) is 17.4 Å². The van der Waals surface area contributed by atoms with E-state index in [0.717, 1.165) is 36.3 Å². The number of para-hydroxylation sites is 1. The maximum absolute atomic E-state index is 12.8. The molecule has 132 valence electrons. The molecule has 3 aromatic rings. The van der Waals surface area contributed by atoms with Gasteiger partial charge in [-0.05, 0) is 36.4 Å². The SMILES string of the molecule is O=C(c1cnn(-c2ccc(Br)cc2)c1)N1CCN(c2ccccc2)CC1. The molecule has 0 bridgehead atoms. The lowest BCUT2D eigenvalue weighted by Crippen LogP contribution is -2.48. The van der Waals surface area contributed by atoms with Crippen LogP contribution in [0.15, 0.2) is 71.5 Å². The number of aromatic nitrogens is 2. The number of hydrogen-bond acceptors (Lipinski definition) is 3. The van der Waals surface area contributed by atoms with Gasteiger partial charge in [0.1, 0.15) is 0 Å². The summed E-state index contributed by atoms with van der Waals surface area (Å²) in [4.78, 5) is 17.0. The Morgan fingerprint density at radius 1 is 0.885 bits per heavy atom. The lowest BCUT2D eigenvalue weighted by Gasteiger charge is -2.36. The Morgan fingerprint density at radius 3 is 2.27 bits per heavy atom. The molecule has 0 spiro atoms. The van der Waals surface area contributed by atoms with Crippen LogP contribution in [0.5, 0.6) is 0 Å². The van der Waals surface area contributed by atoms with E-state index < -0.39 is 0 Å². The number of halogens is 1. The van der Waals surface area contributed by atoms with Crippen molar-refractivity contribution in [1.29, 1.82) is 0 Å². The van der Waals surface area contributed by atoms with Crippen molar-refractivity contribution in [2.75, 3.05) is 31.1 Å². The van der Waals surface area contributed by atoms with Crippen LogP contribution < -0.4 is 4.90 Å². The third-order valence-corrected chi connectivity index (χ3v) is 5.14. The summed E-state index contributed by atoms with van der Waals surface area (Å²) in [5.74, 6) is 0.0427. The smallest absolute Gasteiger partial charge is 0.257 e. The average molecular weight is 411 g/mol. The molecule has 1 aliphatic rings. The fourth-order valence-corrected chi connectivity index (χ4v) is 3.42. The van der Waals surface area contributed by atoms with E-state index in [9.17, 15) is 4.79 Å². The Hall–Kier alpha value is -2.60. The quantitative estimate of drug-likeness (QED) is 0.662. The molecule has 1 amide bonds. The Labute approximate surface area is 161 Å². The summed E-state index contributed by atoms with van der Waals surface area (Å²) >= 11 is 3.43. The minimum Gasteiger partial charge on any atom is -0.368 e. The highest BCUT2D eigenvalue weighted by atomic mass is 79.9. The molecule has 1 aliphatic heterocycles. The van der Waals surface area contributed by atoms with Crippen LogP contribution in [0.25, 0.3) is 5.69 Å². The number of benzene rings is 2. The van der Waals surface area contributed by atoms with Crippen LogP contribution in [-0.2, 0) is 0 Å². The molecular formula is C20H19BrN4O. The van der Waals surface area contributed by atoms with E-state index in [4.69, 9.17) is 0 Å². The molecule has 0 atom stereocenters. The zero-order valence-corrected chi connectivity index (χ0v) is 15.8. The van der Waals surface area contributed by atoms with Crippen LogP contribution in [0.1, 0.15) is 10.4 Å². The van der Waals surface area contributed by atoms with E-state index in [-0.39, 0.29) is 5.91 Å².